The standard InChI is InChI=1S/C23H31N5O4.HI/c1-3-24-23(26-12-11-25-19-6-8-20(9-7-19)28(29)30)27-15-18-5-4-17(2)14-22(18)32-21-10-13-31-16-21;/h4-9,14,21,25H,3,10-13,15-16H2,1-2H3,(H2,24,26,27);1H. The van der Waals surface area contributed by atoms with Crippen LogP contribution in [-0.2, 0) is 11.3 Å². The Morgan fingerprint density at radius 3 is 2.67 bits per heavy atom. The van der Waals surface area contributed by atoms with Gasteiger partial charge in [0.2, 0.25) is 0 Å². The SMILES string of the molecule is CCNC(=NCc1ccc(C)cc1OC1CCOC1)NCCNc1ccc([N+](=O)[O-])cc1.I. The van der Waals surface area contributed by atoms with Crippen LogP contribution in [0.15, 0.2) is 47.5 Å². The lowest BCUT2D eigenvalue weighted by Crippen LogP contribution is -2.39. The van der Waals surface area contributed by atoms with E-state index in [1.807, 2.05) is 6.92 Å². The number of guanidine groups is 1. The molecule has 3 rings (SSSR count). The van der Waals surface area contributed by atoms with Crippen LogP contribution in [-0.4, -0.2) is 49.8 Å². The van der Waals surface area contributed by atoms with Crippen molar-refractivity contribution in [1.82, 2.24) is 10.6 Å². The van der Waals surface area contributed by atoms with Crippen molar-refractivity contribution in [2.24, 2.45) is 4.99 Å². The molecule has 0 aromatic heterocycles. The van der Waals surface area contributed by atoms with Crippen molar-refractivity contribution in [3.05, 3.63) is 63.7 Å². The van der Waals surface area contributed by atoms with Gasteiger partial charge in [-0.15, -0.1) is 24.0 Å². The largest absolute Gasteiger partial charge is 0.488 e. The average Bonchev–Trinajstić information content (AvgIpc) is 3.29. The Labute approximate surface area is 211 Å². The molecule has 1 aliphatic rings. The van der Waals surface area contributed by atoms with Gasteiger partial charge in [-0.3, -0.25) is 10.1 Å². The number of nitrogens with zero attached hydrogens (tertiary/aromatic N) is 2. The first-order valence-corrected chi connectivity index (χ1v) is 10.9. The number of non-ortho nitro benzene ring substituents is 1. The van der Waals surface area contributed by atoms with Gasteiger partial charge in [-0.2, -0.15) is 0 Å². The summed E-state index contributed by atoms with van der Waals surface area (Å²) in [6, 6.07) is 12.6. The van der Waals surface area contributed by atoms with E-state index in [0.29, 0.717) is 32.2 Å². The maximum atomic E-state index is 10.7. The lowest BCUT2D eigenvalue weighted by Gasteiger charge is -2.16. The Morgan fingerprint density at radius 2 is 2.00 bits per heavy atom. The first kappa shape index (κ1) is 26.7. The van der Waals surface area contributed by atoms with E-state index in [4.69, 9.17) is 14.5 Å². The summed E-state index contributed by atoms with van der Waals surface area (Å²) in [5, 5.41) is 20.5. The number of rotatable bonds is 10. The third kappa shape index (κ3) is 8.69. The van der Waals surface area contributed by atoms with Gasteiger partial charge in [0.25, 0.3) is 5.69 Å². The van der Waals surface area contributed by atoms with Gasteiger partial charge in [0, 0.05) is 49.4 Å². The molecule has 0 radical (unpaired) electrons. The number of nitro benzene ring substituents is 1. The van der Waals surface area contributed by atoms with Crippen molar-refractivity contribution in [1.29, 1.82) is 0 Å². The zero-order valence-corrected chi connectivity index (χ0v) is 21.3. The molecular weight excluding hydrogens is 537 g/mol. The number of aliphatic imine (C=N–C) groups is 1. The molecule has 0 spiro atoms. The fraction of sp³-hybridized carbons (Fsp3) is 0.435. The minimum atomic E-state index is -0.406. The quantitative estimate of drug-likeness (QED) is 0.0996. The molecule has 1 atom stereocenters. The highest BCUT2D eigenvalue weighted by molar-refractivity contribution is 14.0. The zero-order chi connectivity index (χ0) is 22.8. The maximum Gasteiger partial charge on any atom is 0.269 e. The van der Waals surface area contributed by atoms with Gasteiger partial charge in [-0.05, 0) is 37.6 Å². The highest BCUT2D eigenvalue weighted by Crippen LogP contribution is 2.24. The van der Waals surface area contributed by atoms with Gasteiger partial charge in [-0.1, -0.05) is 12.1 Å². The predicted molar refractivity (Wildman–Crippen MR) is 141 cm³/mol. The van der Waals surface area contributed by atoms with Crippen LogP contribution in [0.2, 0.25) is 0 Å². The highest BCUT2D eigenvalue weighted by atomic mass is 127. The second-order valence-electron chi connectivity index (χ2n) is 7.57. The van der Waals surface area contributed by atoms with Crippen LogP contribution < -0.4 is 20.7 Å². The Kier molecular flexibility index (Phi) is 11.2. The third-order valence-corrected chi connectivity index (χ3v) is 4.98. The molecule has 2 aromatic rings. The summed E-state index contributed by atoms with van der Waals surface area (Å²) >= 11 is 0. The number of benzene rings is 2. The van der Waals surface area contributed by atoms with Gasteiger partial charge >= 0.3 is 0 Å². The average molecular weight is 569 g/mol. The molecule has 1 unspecified atom stereocenters. The number of nitro groups is 1. The van der Waals surface area contributed by atoms with Crippen LogP contribution in [0, 0.1) is 17.0 Å². The van der Waals surface area contributed by atoms with Crippen LogP contribution in [0.25, 0.3) is 0 Å². The molecular formula is C23H32IN5O4. The summed E-state index contributed by atoms with van der Waals surface area (Å²) in [5.41, 5.74) is 3.09. The number of aryl methyl sites for hydroxylation is 1. The Bertz CT molecular complexity index is 918. The minimum Gasteiger partial charge on any atom is -0.488 e. The van der Waals surface area contributed by atoms with Gasteiger partial charge in [-0.25, -0.2) is 4.99 Å². The Balaban J connectivity index is 0.00000385. The van der Waals surface area contributed by atoms with E-state index < -0.39 is 4.92 Å². The maximum absolute atomic E-state index is 10.7. The van der Waals surface area contributed by atoms with Gasteiger partial charge in [0.1, 0.15) is 11.9 Å². The highest BCUT2D eigenvalue weighted by Gasteiger charge is 2.18. The van der Waals surface area contributed by atoms with Crippen LogP contribution in [0.5, 0.6) is 5.75 Å². The Morgan fingerprint density at radius 1 is 1.21 bits per heavy atom. The van der Waals surface area contributed by atoms with E-state index in [0.717, 1.165) is 42.1 Å². The molecule has 10 heteroatoms. The molecule has 1 saturated heterocycles. The summed E-state index contributed by atoms with van der Waals surface area (Å²) in [5.74, 6) is 1.58. The van der Waals surface area contributed by atoms with Crippen LogP contribution >= 0.6 is 24.0 Å². The number of hydrogen-bond donors (Lipinski definition) is 3. The lowest BCUT2D eigenvalue weighted by atomic mass is 10.1. The van der Waals surface area contributed by atoms with E-state index in [-0.39, 0.29) is 35.8 Å². The van der Waals surface area contributed by atoms with Gasteiger partial charge < -0.3 is 25.4 Å². The molecule has 2 aromatic carbocycles. The first-order chi connectivity index (χ1) is 15.5. The molecule has 1 aliphatic heterocycles. The summed E-state index contributed by atoms with van der Waals surface area (Å²) < 4.78 is 11.6. The lowest BCUT2D eigenvalue weighted by molar-refractivity contribution is -0.384. The van der Waals surface area contributed by atoms with Crippen LogP contribution in [0.3, 0.4) is 0 Å². The van der Waals surface area contributed by atoms with Crippen molar-refractivity contribution >= 4 is 41.3 Å². The zero-order valence-electron chi connectivity index (χ0n) is 19.0. The molecule has 1 fully saturated rings. The fourth-order valence-corrected chi connectivity index (χ4v) is 3.28. The third-order valence-electron chi connectivity index (χ3n) is 4.98. The van der Waals surface area contributed by atoms with E-state index in [9.17, 15) is 10.1 Å². The van der Waals surface area contributed by atoms with Crippen molar-refractivity contribution in [3.8, 4) is 5.75 Å². The van der Waals surface area contributed by atoms with E-state index in [2.05, 4.69) is 41.1 Å². The van der Waals surface area contributed by atoms with Crippen LogP contribution in [0.4, 0.5) is 11.4 Å². The molecule has 0 amide bonds. The number of ether oxygens (including phenoxy) is 2. The number of hydrogen-bond acceptors (Lipinski definition) is 6. The summed E-state index contributed by atoms with van der Waals surface area (Å²) in [6.45, 7) is 7.96. The first-order valence-electron chi connectivity index (χ1n) is 10.9. The van der Waals surface area contributed by atoms with E-state index >= 15 is 0 Å². The molecule has 3 N–H and O–H groups in total. The smallest absolute Gasteiger partial charge is 0.269 e. The number of anilines is 1. The minimum absolute atomic E-state index is 0. The van der Waals surface area contributed by atoms with Crippen molar-refractivity contribution < 1.29 is 14.4 Å². The molecule has 0 aliphatic carbocycles. The predicted octanol–water partition coefficient (Wildman–Crippen LogP) is 3.86. The Hall–Kier alpha value is -2.60. The second kappa shape index (κ2) is 13.8. The molecule has 0 saturated carbocycles. The van der Waals surface area contributed by atoms with E-state index in [1.54, 1.807) is 12.1 Å². The van der Waals surface area contributed by atoms with Crippen LogP contribution in [0.1, 0.15) is 24.5 Å². The normalized spacial score (nSPS) is 15.5. The van der Waals surface area contributed by atoms with Crippen molar-refractivity contribution in [3.63, 3.8) is 0 Å². The van der Waals surface area contributed by atoms with Crippen molar-refractivity contribution in [2.75, 3.05) is 38.2 Å². The number of nitrogens with one attached hydrogen (secondary N) is 3. The molecule has 0 bridgehead atoms. The molecule has 9 nitrogen and oxygen atoms in total. The van der Waals surface area contributed by atoms with E-state index in [1.165, 1.54) is 12.1 Å². The summed E-state index contributed by atoms with van der Waals surface area (Å²) in [6.07, 6.45) is 0.999. The summed E-state index contributed by atoms with van der Waals surface area (Å²) in [7, 11) is 0. The van der Waals surface area contributed by atoms with Gasteiger partial charge in [0.15, 0.2) is 5.96 Å². The molecule has 33 heavy (non-hydrogen) atoms. The van der Waals surface area contributed by atoms with Gasteiger partial charge in [0.05, 0.1) is 24.7 Å². The molecule has 1 heterocycles. The topological polar surface area (TPSA) is 110 Å². The monoisotopic (exact) mass is 569 g/mol. The molecule has 180 valence electrons. The summed E-state index contributed by atoms with van der Waals surface area (Å²) in [4.78, 5) is 15.0. The van der Waals surface area contributed by atoms with Crippen molar-refractivity contribution in [2.45, 2.75) is 32.9 Å². The number of halogens is 1. The second-order valence-corrected chi connectivity index (χ2v) is 7.57. The fourth-order valence-electron chi connectivity index (χ4n) is 3.28.